The third-order valence-corrected chi connectivity index (χ3v) is 3.77. The minimum absolute atomic E-state index is 0.0860. The number of hydrogen-bond acceptors (Lipinski definition) is 3. The highest BCUT2D eigenvalue weighted by molar-refractivity contribution is 5.99. The van der Waals surface area contributed by atoms with E-state index >= 15 is 0 Å². The normalized spacial score (nSPS) is 27.2. The number of amidine groups is 1. The Morgan fingerprint density at radius 3 is 2.67 bits per heavy atom. The molecule has 0 bridgehead atoms. The van der Waals surface area contributed by atoms with E-state index in [-0.39, 0.29) is 6.17 Å². The molecule has 0 saturated heterocycles. The molecule has 0 spiro atoms. The molecule has 3 heteroatoms. The van der Waals surface area contributed by atoms with Crippen molar-refractivity contribution in [3.8, 4) is 0 Å². The summed E-state index contributed by atoms with van der Waals surface area (Å²) in [7, 11) is 0. The Balaban J connectivity index is 1.89. The zero-order valence-electron chi connectivity index (χ0n) is 11.9. The van der Waals surface area contributed by atoms with Gasteiger partial charge in [0.1, 0.15) is 12.0 Å². The van der Waals surface area contributed by atoms with Gasteiger partial charge in [-0.25, -0.2) is 10.4 Å². The fourth-order valence-electron chi connectivity index (χ4n) is 2.88. The van der Waals surface area contributed by atoms with Gasteiger partial charge in [0.2, 0.25) is 0 Å². The van der Waals surface area contributed by atoms with Crippen LogP contribution in [0, 0.1) is 0 Å². The monoisotopic (exact) mass is 244 g/mol. The summed E-state index contributed by atoms with van der Waals surface area (Å²) in [6, 6.07) is 10.7. The van der Waals surface area contributed by atoms with Crippen LogP contribution in [0.25, 0.3) is 0 Å². The first-order chi connectivity index (χ1) is 9.27. The van der Waals surface area contributed by atoms with Gasteiger partial charge in [0.05, 0.1) is 0 Å². The number of hydrazine groups is 1. The highest BCUT2D eigenvalue weighted by atomic mass is 15.6. The second kappa shape index (κ2) is 5.11. The summed E-state index contributed by atoms with van der Waals surface area (Å²) < 4.78 is 8.26. The van der Waals surface area contributed by atoms with E-state index in [1.165, 1.54) is 32.1 Å². The molecule has 1 heterocycles. The lowest BCUT2D eigenvalue weighted by atomic mass is 9.94. The first kappa shape index (κ1) is 10.6. The van der Waals surface area contributed by atoms with Gasteiger partial charge in [-0.05, 0) is 19.8 Å². The van der Waals surface area contributed by atoms with Crippen LogP contribution in [-0.2, 0) is 0 Å². The molecular weight excluding hydrogens is 222 g/mol. The summed E-state index contributed by atoms with van der Waals surface area (Å²) in [5, 5.41) is 2.11. The quantitative estimate of drug-likeness (QED) is 0.866. The second-order valence-corrected chi connectivity index (χ2v) is 5.20. The van der Waals surface area contributed by atoms with E-state index < -0.39 is 0 Å². The second-order valence-electron chi connectivity index (χ2n) is 5.20. The molecule has 2 aliphatic rings. The molecule has 0 aromatic heterocycles. The zero-order chi connectivity index (χ0) is 13.2. The van der Waals surface area contributed by atoms with Crippen molar-refractivity contribution in [2.45, 2.75) is 51.2 Å². The summed E-state index contributed by atoms with van der Waals surface area (Å²) in [6.45, 7) is 1.98. The van der Waals surface area contributed by atoms with Crippen molar-refractivity contribution in [3.05, 3.63) is 35.9 Å². The molecule has 1 fully saturated rings. The van der Waals surface area contributed by atoms with E-state index in [4.69, 9.17) is 1.41 Å². The van der Waals surface area contributed by atoms with Crippen LogP contribution >= 0.6 is 0 Å². The van der Waals surface area contributed by atoms with Crippen molar-refractivity contribution in [1.82, 2.24) is 10.4 Å². The Bertz CT molecular complexity index is 454. The van der Waals surface area contributed by atoms with Crippen molar-refractivity contribution >= 4 is 5.84 Å². The average molecular weight is 244 g/mol. The van der Waals surface area contributed by atoms with Crippen molar-refractivity contribution in [1.29, 1.82) is 0 Å². The maximum absolute atomic E-state index is 8.26. The van der Waals surface area contributed by atoms with Crippen LogP contribution in [-0.4, -0.2) is 23.1 Å². The number of rotatable bonds is 2. The standard InChI is InChI=1S/C15H21N3/c1-12-16-15(13-8-4-2-5-9-13)18(17-12)14-10-6-3-7-11-14/h2,4-5,8-9,12,14,17H,3,6-7,10-11H2,1H3/i/hD. The van der Waals surface area contributed by atoms with E-state index in [1.807, 2.05) is 25.1 Å². The molecule has 18 heavy (non-hydrogen) atoms. The first-order valence-corrected chi connectivity index (χ1v) is 6.98. The molecule has 1 aliphatic carbocycles. The predicted octanol–water partition coefficient (Wildman–Crippen LogP) is 2.93. The van der Waals surface area contributed by atoms with Crippen LogP contribution < -0.4 is 5.42 Å². The Morgan fingerprint density at radius 2 is 1.94 bits per heavy atom. The molecule has 1 aromatic carbocycles. The highest BCUT2D eigenvalue weighted by Crippen LogP contribution is 2.25. The number of aliphatic imine (C=N–C) groups is 1. The van der Waals surface area contributed by atoms with Gasteiger partial charge < -0.3 is 0 Å². The van der Waals surface area contributed by atoms with Crippen LogP contribution in [0.15, 0.2) is 35.3 Å². The zero-order valence-corrected chi connectivity index (χ0v) is 10.9. The van der Waals surface area contributed by atoms with E-state index in [0.29, 0.717) is 6.04 Å². The number of nitrogens with zero attached hydrogens (tertiary/aromatic N) is 2. The fourth-order valence-corrected chi connectivity index (χ4v) is 2.88. The molecule has 1 atom stereocenters. The Kier molecular flexibility index (Phi) is 3.00. The molecule has 1 aliphatic heterocycles. The summed E-state index contributed by atoms with van der Waals surface area (Å²) in [5.41, 5.74) is 2.67. The third kappa shape index (κ3) is 2.27. The molecule has 96 valence electrons. The van der Waals surface area contributed by atoms with Crippen LogP contribution in [0.1, 0.15) is 44.6 Å². The van der Waals surface area contributed by atoms with Crippen LogP contribution in [0.2, 0.25) is 1.41 Å². The minimum Gasteiger partial charge on any atom is -0.287 e. The lowest BCUT2D eigenvalue weighted by Gasteiger charge is -2.33. The molecule has 1 N–H and O–H groups in total. The highest BCUT2D eigenvalue weighted by Gasteiger charge is 2.30. The summed E-state index contributed by atoms with van der Waals surface area (Å²) >= 11 is 0. The number of benzene rings is 1. The van der Waals surface area contributed by atoms with E-state index in [2.05, 4.69) is 22.1 Å². The molecule has 1 unspecified atom stereocenters. The Morgan fingerprint density at radius 1 is 1.22 bits per heavy atom. The van der Waals surface area contributed by atoms with E-state index in [0.717, 1.165) is 11.4 Å². The largest absolute Gasteiger partial charge is 0.287 e. The van der Waals surface area contributed by atoms with Crippen molar-refractivity contribution in [2.75, 3.05) is 0 Å². The third-order valence-electron chi connectivity index (χ3n) is 3.77. The van der Waals surface area contributed by atoms with Gasteiger partial charge in [0.15, 0.2) is 1.41 Å². The Hall–Kier alpha value is -1.35. The van der Waals surface area contributed by atoms with Gasteiger partial charge in [-0.15, -0.1) is 0 Å². The predicted molar refractivity (Wildman–Crippen MR) is 74.3 cm³/mol. The first-order valence-electron chi connectivity index (χ1n) is 7.42. The van der Waals surface area contributed by atoms with Crippen LogP contribution in [0.5, 0.6) is 0 Å². The van der Waals surface area contributed by atoms with E-state index in [9.17, 15) is 0 Å². The van der Waals surface area contributed by atoms with Crippen LogP contribution in [0.4, 0.5) is 0 Å². The number of nitrogens with one attached hydrogen (secondary N) is 1. The summed E-state index contributed by atoms with van der Waals surface area (Å²) in [6.07, 6.45) is 6.13. The smallest absolute Gasteiger partial charge is 0.150 e. The average Bonchev–Trinajstić information content (AvgIpc) is 2.77. The van der Waals surface area contributed by atoms with Crippen molar-refractivity contribution < 1.29 is 1.41 Å². The lowest BCUT2D eigenvalue weighted by molar-refractivity contribution is 0.185. The van der Waals surface area contributed by atoms with Crippen LogP contribution in [0.3, 0.4) is 0 Å². The molecule has 3 nitrogen and oxygen atoms in total. The van der Waals surface area contributed by atoms with Gasteiger partial charge in [0.25, 0.3) is 0 Å². The molecule has 1 aromatic rings. The molecule has 3 rings (SSSR count). The summed E-state index contributed by atoms with van der Waals surface area (Å²) in [5.74, 6) is 0.968. The lowest BCUT2D eigenvalue weighted by Crippen LogP contribution is -2.47. The summed E-state index contributed by atoms with van der Waals surface area (Å²) in [4.78, 5) is 4.68. The maximum Gasteiger partial charge on any atom is 0.150 e. The van der Waals surface area contributed by atoms with E-state index in [1.54, 1.807) is 5.42 Å². The Labute approximate surface area is 110 Å². The van der Waals surface area contributed by atoms with Gasteiger partial charge in [0, 0.05) is 11.6 Å². The maximum atomic E-state index is 8.26. The topological polar surface area (TPSA) is 27.6 Å². The minimum atomic E-state index is -0.0860. The molecular formula is C15H21N3. The van der Waals surface area contributed by atoms with Crippen molar-refractivity contribution in [2.24, 2.45) is 4.99 Å². The van der Waals surface area contributed by atoms with Gasteiger partial charge in [-0.2, -0.15) is 0 Å². The van der Waals surface area contributed by atoms with Crippen molar-refractivity contribution in [3.63, 3.8) is 0 Å². The van der Waals surface area contributed by atoms with Gasteiger partial charge >= 0.3 is 0 Å². The SMILES string of the molecule is [2H]N1C(C)N=C(c2ccccc2)N1C1CCCCC1. The van der Waals surface area contributed by atoms with Gasteiger partial charge in [-0.3, -0.25) is 5.01 Å². The number of hydrogen-bond donors (Lipinski definition) is 1. The molecule has 0 amide bonds. The molecule has 0 radical (unpaired) electrons. The fraction of sp³-hybridized carbons (Fsp3) is 0.533. The van der Waals surface area contributed by atoms with Gasteiger partial charge in [-0.1, -0.05) is 49.6 Å². The molecule has 1 saturated carbocycles.